The van der Waals surface area contributed by atoms with Crippen molar-refractivity contribution in [2.45, 2.75) is 13.0 Å². The van der Waals surface area contributed by atoms with Crippen molar-refractivity contribution in [3.05, 3.63) is 53.3 Å². The quantitative estimate of drug-likeness (QED) is 0.885. The molecule has 2 aromatic rings. The predicted octanol–water partition coefficient (Wildman–Crippen LogP) is 1.74. The Morgan fingerprint density at radius 3 is 2.74 bits per heavy atom. The fourth-order valence-corrected chi connectivity index (χ4v) is 2.32. The average molecular weight is 255 g/mol. The third-order valence-corrected chi connectivity index (χ3v) is 3.30. The van der Waals surface area contributed by atoms with E-state index in [0.29, 0.717) is 18.1 Å². The number of carbonyl (C=O) groups is 1. The number of hydrogen-bond acceptors (Lipinski definition) is 4. The number of benzene rings is 1. The molecule has 0 atom stereocenters. The first kappa shape index (κ1) is 11.6. The third kappa shape index (κ3) is 2.27. The highest BCUT2D eigenvalue weighted by molar-refractivity contribution is 5.88. The second-order valence-electron chi connectivity index (χ2n) is 4.51. The van der Waals surface area contributed by atoms with Gasteiger partial charge in [-0.25, -0.2) is 14.8 Å². The SMILES string of the molecule is O=C(O)c1ccc2c(c1)CN(c1ncccn1)CC2. The Morgan fingerprint density at radius 2 is 2.00 bits per heavy atom. The fraction of sp³-hybridized carbons (Fsp3) is 0.214. The molecule has 0 aliphatic carbocycles. The van der Waals surface area contributed by atoms with Crippen LogP contribution in [0.25, 0.3) is 0 Å². The highest BCUT2D eigenvalue weighted by Crippen LogP contribution is 2.22. The fourth-order valence-electron chi connectivity index (χ4n) is 2.32. The summed E-state index contributed by atoms with van der Waals surface area (Å²) in [5.41, 5.74) is 2.57. The Labute approximate surface area is 110 Å². The molecule has 1 aliphatic rings. The van der Waals surface area contributed by atoms with E-state index in [9.17, 15) is 4.79 Å². The summed E-state index contributed by atoms with van der Waals surface area (Å²) < 4.78 is 0. The van der Waals surface area contributed by atoms with E-state index in [0.717, 1.165) is 18.5 Å². The minimum Gasteiger partial charge on any atom is -0.478 e. The van der Waals surface area contributed by atoms with Crippen molar-refractivity contribution in [1.29, 1.82) is 0 Å². The summed E-state index contributed by atoms with van der Waals surface area (Å²) in [7, 11) is 0. The van der Waals surface area contributed by atoms with Gasteiger partial charge in [-0.2, -0.15) is 0 Å². The van der Waals surface area contributed by atoms with Crippen LogP contribution in [0.2, 0.25) is 0 Å². The third-order valence-electron chi connectivity index (χ3n) is 3.30. The van der Waals surface area contributed by atoms with E-state index in [2.05, 4.69) is 14.9 Å². The topological polar surface area (TPSA) is 66.3 Å². The molecule has 5 heteroatoms. The first-order valence-electron chi connectivity index (χ1n) is 6.11. The number of anilines is 1. The van der Waals surface area contributed by atoms with Crippen molar-refractivity contribution < 1.29 is 9.90 Å². The average Bonchev–Trinajstić information content (AvgIpc) is 2.47. The highest BCUT2D eigenvalue weighted by atomic mass is 16.4. The van der Waals surface area contributed by atoms with E-state index in [4.69, 9.17) is 5.11 Å². The van der Waals surface area contributed by atoms with Crippen molar-refractivity contribution in [3.8, 4) is 0 Å². The van der Waals surface area contributed by atoms with Crippen LogP contribution < -0.4 is 4.90 Å². The molecular formula is C14H13N3O2. The molecule has 0 saturated carbocycles. The molecular weight excluding hydrogens is 242 g/mol. The number of carboxylic acids is 1. The number of hydrogen-bond donors (Lipinski definition) is 1. The molecule has 5 nitrogen and oxygen atoms in total. The van der Waals surface area contributed by atoms with Gasteiger partial charge in [0.25, 0.3) is 0 Å². The largest absolute Gasteiger partial charge is 0.478 e. The van der Waals surface area contributed by atoms with E-state index in [-0.39, 0.29) is 0 Å². The normalized spacial score (nSPS) is 14.0. The number of fused-ring (bicyclic) bond motifs is 1. The second kappa shape index (κ2) is 4.68. The standard InChI is InChI=1S/C14H13N3O2/c18-13(19)11-3-2-10-4-7-17(9-12(10)8-11)14-15-5-1-6-16-14/h1-3,5-6,8H,4,7,9H2,(H,18,19). The molecule has 19 heavy (non-hydrogen) atoms. The second-order valence-corrected chi connectivity index (χ2v) is 4.51. The van der Waals surface area contributed by atoms with E-state index in [1.54, 1.807) is 30.6 Å². The van der Waals surface area contributed by atoms with E-state index in [1.165, 1.54) is 5.56 Å². The van der Waals surface area contributed by atoms with Crippen LogP contribution in [0.3, 0.4) is 0 Å². The maximum atomic E-state index is 11.0. The van der Waals surface area contributed by atoms with Gasteiger partial charge in [0.1, 0.15) is 0 Å². The Hall–Kier alpha value is -2.43. The first-order valence-corrected chi connectivity index (χ1v) is 6.11. The molecule has 0 radical (unpaired) electrons. The van der Waals surface area contributed by atoms with E-state index >= 15 is 0 Å². The molecule has 0 saturated heterocycles. The molecule has 96 valence electrons. The maximum absolute atomic E-state index is 11.0. The van der Waals surface area contributed by atoms with Gasteiger partial charge in [-0.05, 0) is 35.7 Å². The Balaban J connectivity index is 1.90. The molecule has 0 unspecified atom stereocenters. The van der Waals surface area contributed by atoms with Gasteiger partial charge < -0.3 is 10.0 Å². The summed E-state index contributed by atoms with van der Waals surface area (Å²) in [4.78, 5) is 21.5. The lowest BCUT2D eigenvalue weighted by atomic mass is 9.97. The van der Waals surface area contributed by atoms with Crippen molar-refractivity contribution in [2.24, 2.45) is 0 Å². The van der Waals surface area contributed by atoms with Gasteiger partial charge >= 0.3 is 5.97 Å². The number of aromatic carboxylic acids is 1. The van der Waals surface area contributed by atoms with Crippen molar-refractivity contribution in [2.75, 3.05) is 11.4 Å². The van der Waals surface area contributed by atoms with Crippen molar-refractivity contribution in [1.82, 2.24) is 9.97 Å². The number of carboxylic acid groups (broad SMARTS) is 1. The molecule has 0 bridgehead atoms. The van der Waals surface area contributed by atoms with E-state index in [1.807, 2.05) is 6.07 Å². The Kier molecular flexibility index (Phi) is 2.87. The van der Waals surface area contributed by atoms with Crippen molar-refractivity contribution in [3.63, 3.8) is 0 Å². The molecule has 1 aromatic carbocycles. The zero-order chi connectivity index (χ0) is 13.2. The summed E-state index contributed by atoms with van der Waals surface area (Å²) in [6.07, 6.45) is 4.31. The minimum absolute atomic E-state index is 0.328. The molecule has 0 amide bonds. The van der Waals surface area contributed by atoms with Crippen LogP contribution in [-0.4, -0.2) is 27.6 Å². The van der Waals surface area contributed by atoms with Gasteiger partial charge in [0.05, 0.1) is 5.56 Å². The summed E-state index contributed by atoms with van der Waals surface area (Å²) in [6, 6.07) is 7.09. The number of nitrogens with zero attached hydrogens (tertiary/aromatic N) is 3. The molecule has 1 N–H and O–H groups in total. The maximum Gasteiger partial charge on any atom is 0.335 e. The lowest BCUT2D eigenvalue weighted by Crippen LogP contribution is -2.31. The van der Waals surface area contributed by atoms with Crippen LogP contribution in [0, 0.1) is 0 Å². The zero-order valence-electron chi connectivity index (χ0n) is 10.3. The van der Waals surface area contributed by atoms with Gasteiger partial charge in [-0.15, -0.1) is 0 Å². The summed E-state index contributed by atoms with van der Waals surface area (Å²) in [5.74, 6) is -0.204. The lowest BCUT2D eigenvalue weighted by molar-refractivity contribution is 0.0696. The zero-order valence-corrected chi connectivity index (χ0v) is 10.3. The van der Waals surface area contributed by atoms with Crippen LogP contribution in [0.15, 0.2) is 36.7 Å². The molecule has 2 heterocycles. The first-order chi connectivity index (χ1) is 9.24. The summed E-state index contributed by atoms with van der Waals surface area (Å²) in [6.45, 7) is 1.50. The number of aromatic nitrogens is 2. The highest BCUT2D eigenvalue weighted by Gasteiger charge is 2.19. The molecule has 0 fully saturated rings. The van der Waals surface area contributed by atoms with Crippen LogP contribution in [0.5, 0.6) is 0 Å². The van der Waals surface area contributed by atoms with Crippen molar-refractivity contribution >= 4 is 11.9 Å². The molecule has 0 spiro atoms. The van der Waals surface area contributed by atoms with Gasteiger partial charge in [-0.3, -0.25) is 0 Å². The van der Waals surface area contributed by atoms with Crippen LogP contribution in [-0.2, 0) is 13.0 Å². The number of rotatable bonds is 2. The van der Waals surface area contributed by atoms with Gasteiger partial charge in [-0.1, -0.05) is 6.07 Å². The van der Waals surface area contributed by atoms with Crippen LogP contribution in [0.1, 0.15) is 21.5 Å². The van der Waals surface area contributed by atoms with Gasteiger partial charge in [0, 0.05) is 25.5 Å². The smallest absolute Gasteiger partial charge is 0.335 e. The predicted molar refractivity (Wildman–Crippen MR) is 70.2 cm³/mol. The Bertz CT molecular complexity index is 613. The summed E-state index contributed by atoms with van der Waals surface area (Å²) >= 11 is 0. The van der Waals surface area contributed by atoms with Crippen LogP contribution in [0.4, 0.5) is 5.95 Å². The minimum atomic E-state index is -0.893. The van der Waals surface area contributed by atoms with Gasteiger partial charge in [0.2, 0.25) is 5.95 Å². The Morgan fingerprint density at radius 1 is 1.21 bits per heavy atom. The lowest BCUT2D eigenvalue weighted by Gasteiger charge is -2.28. The monoisotopic (exact) mass is 255 g/mol. The summed E-state index contributed by atoms with van der Waals surface area (Å²) in [5, 5.41) is 9.03. The molecule has 1 aromatic heterocycles. The van der Waals surface area contributed by atoms with Gasteiger partial charge in [0.15, 0.2) is 0 Å². The molecule has 1 aliphatic heterocycles. The molecule has 3 rings (SSSR count). The van der Waals surface area contributed by atoms with Crippen LogP contribution >= 0.6 is 0 Å². The van der Waals surface area contributed by atoms with E-state index < -0.39 is 5.97 Å².